The van der Waals surface area contributed by atoms with Gasteiger partial charge in [-0.2, -0.15) is 9.90 Å². The fourth-order valence-corrected chi connectivity index (χ4v) is 1.96. The number of para-hydroxylation sites is 1. The summed E-state index contributed by atoms with van der Waals surface area (Å²) in [5, 5.41) is 0. The van der Waals surface area contributed by atoms with Crippen LogP contribution in [0.5, 0.6) is 0 Å². The van der Waals surface area contributed by atoms with Crippen LogP contribution >= 0.6 is 9.90 Å². The van der Waals surface area contributed by atoms with Crippen molar-refractivity contribution in [2.24, 2.45) is 0 Å². The average Bonchev–Trinajstić information content (AvgIpc) is 2.23. The quantitative estimate of drug-likeness (QED) is 0.593. The van der Waals surface area contributed by atoms with Gasteiger partial charge in [0.1, 0.15) is 5.69 Å². The Morgan fingerprint density at radius 2 is 1.25 bits per heavy atom. The number of benzene rings is 1. The van der Waals surface area contributed by atoms with Crippen LogP contribution in [-0.4, -0.2) is 30.6 Å². The molecule has 0 bridgehead atoms. The predicted octanol–water partition coefficient (Wildman–Crippen LogP) is 2.11. The lowest BCUT2D eigenvalue weighted by Crippen LogP contribution is -2.48. The van der Waals surface area contributed by atoms with Gasteiger partial charge >= 0.3 is 0 Å². The molecule has 0 saturated heterocycles. The highest BCUT2D eigenvalue weighted by Gasteiger charge is 2.23. The van der Waals surface area contributed by atoms with Crippen LogP contribution in [0.15, 0.2) is 30.3 Å². The second kappa shape index (κ2) is 9.73. The Hall–Kier alpha value is -0.470. The molecule has 0 aromatic heterocycles. The molecule has 0 heterocycles. The third-order valence-corrected chi connectivity index (χ3v) is 3.12. The summed E-state index contributed by atoms with van der Waals surface area (Å²) in [6.45, 7) is 10.3. The van der Waals surface area contributed by atoms with Gasteiger partial charge in [0.25, 0.3) is 0 Å². The molecule has 0 saturated carbocycles. The van der Waals surface area contributed by atoms with Crippen molar-refractivity contribution in [3.05, 3.63) is 30.3 Å². The second-order valence-electron chi connectivity index (χ2n) is 3.43. The third kappa shape index (κ3) is 4.18. The monoisotopic (exact) mass is 247 g/mol. The Bertz CT molecular complexity index is 242. The molecule has 0 aliphatic rings. The van der Waals surface area contributed by atoms with Gasteiger partial charge in [0.05, 0.1) is 19.6 Å². The Morgan fingerprint density at radius 3 is 1.56 bits per heavy atom. The first-order valence-corrected chi connectivity index (χ1v) is 5.20. The van der Waals surface area contributed by atoms with E-state index in [4.69, 9.17) is 0 Å². The molecule has 1 rings (SSSR count). The van der Waals surface area contributed by atoms with Crippen LogP contribution in [0, 0.1) is 0 Å². The molecule has 3 N–H and O–H groups in total. The molecular weight excluding hydrogens is 221 g/mol. The van der Waals surface area contributed by atoms with Crippen molar-refractivity contribution in [3.8, 4) is 0 Å². The first-order valence-electron chi connectivity index (χ1n) is 5.20. The minimum atomic E-state index is 0. The molecule has 1 aromatic carbocycles. The van der Waals surface area contributed by atoms with E-state index in [1.54, 1.807) is 0 Å². The van der Waals surface area contributed by atoms with E-state index in [-0.39, 0.29) is 20.9 Å². The van der Waals surface area contributed by atoms with Crippen molar-refractivity contribution in [1.29, 1.82) is 0 Å². The standard InChI is InChI=1S/C12H20N.2H2O.H3P/c1-4-13(5-2,6-3)12-10-8-7-9-11-12;;;/h7-11H,4-6H2,1-3H3;2*1H2;1H3/q+1;;;/p-1. The van der Waals surface area contributed by atoms with Crippen LogP contribution in [0.1, 0.15) is 20.8 Å². The molecule has 96 valence electrons. The second-order valence-corrected chi connectivity index (χ2v) is 3.43. The SMILES string of the molecule is CC[N+](CC)(CC)c1ccccc1.O.P.[OH-]. The molecule has 0 amide bonds. The van der Waals surface area contributed by atoms with E-state index in [2.05, 4.69) is 51.1 Å². The van der Waals surface area contributed by atoms with Crippen LogP contribution in [0.3, 0.4) is 0 Å². The van der Waals surface area contributed by atoms with E-state index in [1.165, 1.54) is 25.3 Å². The molecule has 16 heavy (non-hydrogen) atoms. The van der Waals surface area contributed by atoms with E-state index in [1.807, 2.05) is 0 Å². The van der Waals surface area contributed by atoms with E-state index in [9.17, 15) is 0 Å². The van der Waals surface area contributed by atoms with Gasteiger partial charge in [-0.3, -0.25) is 4.48 Å². The summed E-state index contributed by atoms with van der Waals surface area (Å²) in [6, 6.07) is 10.8. The zero-order valence-corrected chi connectivity index (χ0v) is 12.0. The zero-order chi connectivity index (χ0) is 9.73. The molecule has 0 fully saturated rings. The van der Waals surface area contributed by atoms with E-state index >= 15 is 0 Å². The van der Waals surface area contributed by atoms with Crippen molar-refractivity contribution in [3.63, 3.8) is 0 Å². The maximum atomic E-state index is 2.26. The van der Waals surface area contributed by atoms with Gasteiger partial charge in [0.2, 0.25) is 0 Å². The van der Waals surface area contributed by atoms with Crippen LogP contribution in [0.25, 0.3) is 0 Å². The number of hydrogen-bond donors (Lipinski definition) is 0. The predicted molar refractivity (Wildman–Crippen MR) is 76.5 cm³/mol. The minimum absolute atomic E-state index is 0. The van der Waals surface area contributed by atoms with E-state index in [0.717, 1.165) is 4.48 Å². The highest BCUT2D eigenvalue weighted by Crippen LogP contribution is 2.21. The van der Waals surface area contributed by atoms with E-state index in [0.29, 0.717) is 0 Å². The lowest BCUT2D eigenvalue weighted by atomic mass is 10.2. The molecule has 3 nitrogen and oxygen atoms in total. The molecule has 0 aliphatic heterocycles. The van der Waals surface area contributed by atoms with Crippen LogP contribution in [0.2, 0.25) is 0 Å². The summed E-state index contributed by atoms with van der Waals surface area (Å²) >= 11 is 0. The summed E-state index contributed by atoms with van der Waals surface area (Å²) in [4.78, 5) is 0. The summed E-state index contributed by atoms with van der Waals surface area (Å²) in [5.41, 5.74) is 1.44. The highest BCUT2D eigenvalue weighted by atomic mass is 31.0. The number of quaternary nitrogens is 1. The largest absolute Gasteiger partial charge is 0.870 e. The number of hydrogen-bond acceptors (Lipinski definition) is 1. The third-order valence-electron chi connectivity index (χ3n) is 3.12. The Morgan fingerprint density at radius 1 is 0.875 bits per heavy atom. The van der Waals surface area contributed by atoms with Gasteiger partial charge in [0, 0.05) is 0 Å². The Balaban J connectivity index is -0.000000563. The summed E-state index contributed by atoms with van der Waals surface area (Å²) < 4.78 is 1.10. The molecule has 0 aliphatic carbocycles. The first kappa shape index (κ1) is 20.9. The summed E-state index contributed by atoms with van der Waals surface area (Å²) in [5.74, 6) is 0. The molecular formula is C12H26NO2P. The normalized spacial score (nSPS) is 9.44. The van der Waals surface area contributed by atoms with Gasteiger partial charge < -0.3 is 11.0 Å². The van der Waals surface area contributed by atoms with Gasteiger partial charge in [-0.1, -0.05) is 18.2 Å². The lowest BCUT2D eigenvalue weighted by Gasteiger charge is -2.35. The molecule has 4 heteroatoms. The summed E-state index contributed by atoms with van der Waals surface area (Å²) in [6.07, 6.45) is 0. The van der Waals surface area contributed by atoms with Crippen LogP contribution < -0.4 is 4.48 Å². The Kier molecular flexibility index (Phi) is 12.7. The van der Waals surface area contributed by atoms with Gasteiger partial charge in [0.15, 0.2) is 0 Å². The molecule has 0 radical (unpaired) electrons. The smallest absolute Gasteiger partial charge is 0.132 e. The van der Waals surface area contributed by atoms with Crippen LogP contribution in [-0.2, 0) is 0 Å². The topological polar surface area (TPSA) is 61.5 Å². The first-order chi connectivity index (χ1) is 6.29. The van der Waals surface area contributed by atoms with E-state index < -0.39 is 0 Å². The van der Waals surface area contributed by atoms with Crippen molar-refractivity contribution in [1.82, 2.24) is 4.48 Å². The van der Waals surface area contributed by atoms with Crippen molar-refractivity contribution in [2.75, 3.05) is 19.6 Å². The van der Waals surface area contributed by atoms with Gasteiger partial charge in [-0.05, 0) is 32.9 Å². The van der Waals surface area contributed by atoms with Crippen molar-refractivity contribution >= 4 is 15.6 Å². The maximum Gasteiger partial charge on any atom is 0.132 e. The van der Waals surface area contributed by atoms with Gasteiger partial charge in [-0.25, -0.2) is 0 Å². The minimum Gasteiger partial charge on any atom is -0.870 e. The molecule has 1 unspecified atom stereocenters. The fourth-order valence-electron chi connectivity index (χ4n) is 1.96. The summed E-state index contributed by atoms with van der Waals surface area (Å²) in [7, 11) is 0. The Labute approximate surface area is 102 Å². The molecule has 0 spiro atoms. The van der Waals surface area contributed by atoms with Gasteiger partial charge in [-0.15, -0.1) is 0 Å². The van der Waals surface area contributed by atoms with Crippen molar-refractivity contribution in [2.45, 2.75) is 20.8 Å². The number of rotatable bonds is 4. The molecule has 1 atom stereocenters. The van der Waals surface area contributed by atoms with Crippen molar-refractivity contribution < 1.29 is 11.0 Å². The zero-order valence-electron chi connectivity index (χ0n) is 10.6. The van der Waals surface area contributed by atoms with Crippen LogP contribution in [0.4, 0.5) is 5.69 Å². The lowest BCUT2D eigenvalue weighted by molar-refractivity contribution is 0.316. The number of nitrogens with zero attached hydrogens (tertiary/aromatic N) is 1. The molecule has 1 aromatic rings. The maximum absolute atomic E-state index is 2.26. The average molecular weight is 247 g/mol. The highest BCUT2D eigenvalue weighted by molar-refractivity contribution is 6.92. The fraction of sp³-hybridized carbons (Fsp3) is 0.500.